The second-order valence-electron chi connectivity index (χ2n) is 11.8. The standard InChI is InChI=1S/C34H67N2/c1-4-6-8-10-12-14-16-18-20-22-24-26-28-30-34-35(3)32-33-36(34)31-29-27-25-23-21-19-17-15-13-11-9-7-5-2/h32-33H,4-31H2,1-3H3/q+1. The lowest BCUT2D eigenvalue weighted by atomic mass is 10.0. The molecular weight excluding hydrogens is 436 g/mol. The van der Waals surface area contributed by atoms with Gasteiger partial charge in [0.05, 0.1) is 13.6 Å². The molecule has 2 heteroatoms. The minimum atomic E-state index is 1.21. The molecule has 1 aromatic rings. The van der Waals surface area contributed by atoms with Gasteiger partial charge in [-0.15, -0.1) is 0 Å². The number of hydrogen-bond donors (Lipinski definition) is 0. The molecule has 0 N–H and O–H groups in total. The smallest absolute Gasteiger partial charge is 0.237 e. The van der Waals surface area contributed by atoms with Crippen LogP contribution in [-0.4, -0.2) is 4.57 Å². The number of hydrogen-bond acceptors (Lipinski definition) is 0. The minimum Gasteiger partial charge on any atom is -0.237 e. The summed E-state index contributed by atoms with van der Waals surface area (Å²) < 4.78 is 4.90. The molecule has 1 rings (SSSR count). The highest BCUT2D eigenvalue weighted by Gasteiger charge is 2.13. The van der Waals surface area contributed by atoms with E-state index >= 15 is 0 Å². The highest BCUT2D eigenvalue weighted by Crippen LogP contribution is 2.15. The van der Waals surface area contributed by atoms with E-state index in [-0.39, 0.29) is 0 Å². The molecule has 0 saturated heterocycles. The van der Waals surface area contributed by atoms with Gasteiger partial charge in [0.25, 0.3) is 5.82 Å². The maximum absolute atomic E-state index is 2.54. The fourth-order valence-electron chi connectivity index (χ4n) is 5.68. The van der Waals surface area contributed by atoms with Crippen LogP contribution in [0, 0.1) is 0 Å². The van der Waals surface area contributed by atoms with E-state index in [0.717, 1.165) is 0 Å². The molecular formula is C34H67N2+. The van der Waals surface area contributed by atoms with Gasteiger partial charge in [-0.05, 0) is 19.3 Å². The third kappa shape index (κ3) is 19.3. The van der Waals surface area contributed by atoms with Crippen molar-refractivity contribution < 1.29 is 4.57 Å². The number of aromatic nitrogens is 2. The fourth-order valence-corrected chi connectivity index (χ4v) is 5.68. The van der Waals surface area contributed by atoms with Gasteiger partial charge in [-0.2, -0.15) is 0 Å². The molecule has 0 saturated carbocycles. The van der Waals surface area contributed by atoms with Crippen LogP contribution in [0.3, 0.4) is 0 Å². The third-order valence-electron chi connectivity index (χ3n) is 8.22. The van der Waals surface area contributed by atoms with Crippen molar-refractivity contribution in [3.05, 3.63) is 18.2 Å². The van der Waals surface area contributed by atoms with Crippen molar-refractivity contribution in [3.8, 4) is 0 Å². The Bertz CT molecular complexity index is 562. The summed E-state index contributed by atoms with van der Waals surface area (Å²) in [6.45, 7) is 5.82. The first kappa shape index (κ1) is 33.2. The van der Waals surface area contributed by atoms with Gasteiger partial charge in [0.1, 0.15) is 12.4 Å². The molecule has 2 nitrogen and oxygen atoms in total. The predicted molar refractivity (Wildman–Crippen MR) is 161 cm³/mol. The first-order valence-electron chi connectivity index (χ1n) is 16.8. The third-order valence-corrected chi connectivity index (χ3v) is 8.22. The highest BCUT2D eigenvalue weighted by atomic mass is 15.1. The number of nitrogens with zero attached hydrogens (tertiary/aromatic N) is 2. The van der Waals surface area contributed by atoms with Gasteiger partial charge in [-0.3, -0.25) is 0 Å². The van der Waals surface area contributed by atoms with Crippen LogP contribution in [-0.2, 0) is 20.0 Å². The Kier molecular flexibility index (Phi) is 23.9. The van der Waals surface area contributed by atoms with E-state index in [9.17, 15) is 0 Å². The maximum Gasteiger partial charge on any atom is 0.256 e. The first-order valence-corrected chi connectivity index (χ1v) is 16.8. The van der Waals surface area contributed by atoms with E-state index in [1.165, 1.54) is 186 Å². The predicted octanol–water partition coefficient (Wildman–Crippen LogP) is 11.0. The van der Waals surface area contributed by atoms with Crippen LogP contribution in [0.5, 0.6) is 0 Å². The second-order valence-corrected chi connectivity index (χ2v) is 11.8. The van der Waals surface area contributed by atoms with Crippen molar-refractivity contribution in [2.45, 2.75) is 194 Å². The van der Waals surface area contributed by atoms with Gasteiger partial charge in [-0.1, -0.05) is 162 Å². The summed E-state index contributed by atoms with van der Waals surface area (Å²) in [5.41, 5.74) is 0. The largest absolute Gasteiger partial charge is 0.256 e. The molecule has 0 aliphatic heterocycles. The summed E-state index contributed by atoms with van der Waals surface area (Å²) >= 11 is 0. The average Bonchev–Trinajstić information content (AvgIpc) is 3.23. The SMILES string of the molecule is CCCCCCCCCCCCCCCc1n(CCCCCCCCCCCCCCC)cc[n+]1C. The van der Waals surface area contributed by atoms with Gasteiger partial charge in [0.15, 0.2) is 0 Å². The normalized spacial score (nSPS) is 11.5. The molecule has 212 valence electrons. The van der Waals surface area contributed by atoms with Gasteiger partial charge >= 0.3 is 0 Å². The van der Waals surface area contributed by atoms with Crippen LogP contribution in [0.2, 0.25) is 0 Å². The van der Waals surface area contributed by atoms with Crippen LogP contribution in [0.1, 0.15) is 187 Å². The Labute approximate surface area is 228 Å². The van der Waals surface area contributed by atoms with Crippen molar-refractivity contribution in [2.75, 3.05) is 0 Å². The summed E-state index contributed by atoms with van der Waals surface area (Å²) in [6, 6.07) is 0. The van der Waals surface area contributed by atoms with E-state index in [0.29, 0.717) is 0 Å². The quantitative estimate of drug-likeness (QED) is 0.0794. The fraction of sp³-hybridized carbons (Fsp3) is 0.912. The summed E-state index contributed by atoms with van der Waals surface area (Å²) in [4.78, 5) is 0. The maximum atomic E-state index is 2.54. The molecule has 0 atom stereocenters. The number of rotatable bonds is 28. The topological polar surface area (TPSA) is 8.81 Å². The van der Waals surface area contributed by atoms with Gasteiger partial charge < -0.3 is 0 Å². The summed E-state index contributed by atoms with van der Waals surface area (Å²) in [5.74, 6) is 1.54. The lowest BCUT2D eigenvalue weighted by molar-refractivity contribution is -0.678. The average molecular weight is 504 g/mol. The van der Waals surface area contributed by atoms with Crippen molar-refractivity contribution in [1.82, 2.24) is 4.57 Å². The molecule has 0 aliphatic carbocycles. The molecule has 0 unspecified atom stereocenters. The lowest BCUT2D eigenvalue weighted by Crippen LogP contribution is -2.32. The van der Waals surface area contributed by atoms with E-state index in [1.54, 1.807) is 0 Å². The zero-order valence-electron chi connectivity index (χ0n) is 25.3. The molecule has 0 aliphatic rings. The van der Waals surface area contributed by atoms with Crippen molar-refractivity contribution in [3.63, 3.8) is 0 Å². The van der Waals surface area contributed by atoms with E-state index < -0.39 is 0 Å². The molecule has 0 radical (unpaired) electrons. The Morgan fingerprint density at radius 2 is 0.806 bits per heavy atom. The molecule has 0 bridgehead atoms. The first-order chi connectivity index (χ1) is 17.8. The van der Waals surface area contributed by atoms with Crippen LogP contribution in [0.4, 0.5) is 0 Å². The minimum absolute atomic E-state index is 1.21. The Morgan fingerprint density at radius 1 is 0.472 bits per heavy atom. The molecule has 0 amide bonds. The van der Waals surface area contributed by atoms with Gasteiger partial charge in [0, 0.05) is 6.42 Å². The zero-order valence-corrected chi connectivity index (χ0v) is 25.3. The number of aryl methyl sites for hydroxylation is 2. The lowest BCUT2D eigenvalue weighted by Gasteiger charge is -2.05. The Balaban J connectivity index is 1.94. The molecule has 0 spiro atoms. The Hall–Kier alpha value is -0.790. The van der Waals surface area contributed by atoms with Gasteiger partial charge in [0.2, 0.25) is 0 Å². The van der Waals surface area contributed by atoms with Crippen molar-refractivity contribution >= 4 is 0 Å². The molecule has 36 heavy (non-hydrogen) atoms. The molecule has 1 heterocycles. The highest BCUT2D eigenvalue weighted by molar-refractivity contribution is 4.84. The van der Waals surface area contributed by atoms with E-state index in [1.807, 2.05) is 0 Å². The van der Waals surface area contributed by atoms with E-state index in [2.05, 4.69) is 42.4 Å². The molecule has 0 aromatic carbocycles. The monoisotopic (exact) mass is 504 g/mol. The van der Waals surface area contributed by atoms with Crippen molar-refractivity contribution in [2.24, 2.45) is 7.05 Å². The van der Waals surface area contributed by atoms with Crippen LogP contribution < -0.4 is 4.57 Å². The number of unbranched alkanes of at least 4 members (excludes halogenated alkanes) is 24. The van der Waals surface area contributed by atoms with Crippen LogP contribution >= 0.6 is 0 Å². The second kappa shape index (κ2) is 25.8. The van der Waals surface area contributed by atoms with Crippen LogP contribution in [0.15, 0.2) is 12.4 Å². The summed E-state index contributed by atoms with van der Waals surface area (Å²) in [7, 11) is 2.23. The van der Waals surface area contributed by atoms with Crippen LogP contribution in [0.25, 0.3) is 0 Å². The van der Waals surface area contributed by atoms with E-state index in [4.69, 9.17) is 0 Å². The summed E-state index contributed by atoms with van der Waals surface area (Å²) in [5, 5.41) is 0. The van der Waals surface area contributed by atoms with Crippen molar-refractivity contribution in [1.29, 1.82) is 0 Å². The zero-order chi connectivity index (χ0) is 25.9. The van der Waals surface area contributed by atoms with Gasteiger partial charge in [-0.25, -0.2) is 9.13 Å². The molecule has 1 aromatic heterocycles. The number of imidazole rings is 1. The molecule has 0 fully saturated rings. The Morgan fingerprint density at radius 3 is 1.19 bits per heavy atom. The summed E-state index contributed by atoms with van der Waals surface area (Å²) in [6.07, 6.45) is 43.2.